The third-order valence-corrected chi connectivity index (χ3v) is 5.84. The van der Waals surface area contributed by atoms with Crippen LogP contribution in [0.5, 0.6) is 0 Å². The lowest BCUT2D eigenvalue weighted by atomic mass is 9.89. The van der Waals surface area contributed by atoms with E-state index in [1.807, 2.05) is 13.0 Å². The molecule has 1 fully saturated rings. The van der Waals surface area contributed by atoms with Gasteiger partial charge in [-0.1, -0.05) is 67.7 Å². The zero-order valence-corrected chi connectivity index (χ0v) is 18.3. The summed E-state index contributed by atoms with van der Waals surface area (Å²) in [7, 11) is 0. The highest BCUT2D eigenvalue weighted by atomic mass is 32.2. The molecular weight excluding hydrogens is 386 g/mol. The summed E-state index contributed by atoms with van der Waals surface area (Å²) in [5.41, 5.74) is 13.4. The summed E-state index contributed by atoms with van der Waals surface area (Å²) in [4.78, 5) is 17.7. The fourth-order valence-electron chi connectivity index (χ4n) is 3.37. The van der Waals surface area contributed by atoms with Gasteiger partial charge in [-0.15, -0.1) is 0 Å². The molecule has 0 saturated carbocycles. The number of amides is 1. The Labute approximate surface area is 176 Å². The highest BCUT2D eigenvalue weighted by Gasteiger charge is 2.24. The lowest BCUT2D eigenvalue weighted by molar-refractivity contribution is -0.115. The van der Waals surface area contributed by atoms with Gasteiger partial charge >= 0.3 is 0 Å². The summed E-state index contributed by atoms with van der Waals surface area (Å²) in [5, 5.41) is 2.68. The minimum Gasteiger partial charge on any atom is -0.326 e. The molecule has 1 aromatic carbocycles. The van der Waals surface area contributed by atoms with Crippen LogP contribution in [0.15, 0.2) is 29.2 Å². The molecular formula is C22H25N3OS2. The van der Waals surface area contributed by atoms with Crippen LogP contribution in [0, 0.1) is 19.8 Å². The van der Waals surface area contributed by atoms with Gasteiger partial charge in [-0.3, -0.25) is 9.78 Å². The largest absolute Gasteiger partial charge is 0.326 e. The van der Waals surface area contributed by atoms with E-state index in [2.05, 4.69) is 50.4 Å². The van der Waals surface area contributed by atoms with Gasteiger partial charge in [0.15, 0.2) is 0 Å². The van der Waals surface area contributed by atoms with Crippen LogP contribution < -0.4 is 11.1 Å². The first-order chi connectivity index (χ1) is 13.3. The van der Waals surface area contributed by atoms with E-state index in [4.69, 9.17) is 22.9 Å². The molecule has 1 aliphatic rings. The molecule has 146 valence electrons. The molecule has 2 heterocycles. The van der Waals surface area contributed by atoms with Crippen molar-refractivity contribution >= 4 is 40.3 Å². The number of nitrogens with two attached hydrogens (primary N) is 1. The normalized spacial score (nSPS) is 15.6. The van der Waals surface area contributed by atoms with E-state index in [-0.39, 0.29) is 5.91 Å². The van der Waals surface area contributed by atoms with Crippen molar-refractivity contribution in [3.8, 4) is 11.1 Å². The van der Waals surface area contributed by atoms with Gasteiger partial charge in [-0.05, 0) is 49.0 Å². The predicted octanol–water partition coefficient (Wildman–Crippen LogP) is 4.51. The summed E-state index contributed by atoms with van der Waals surface area (Å²) in [6, 6.07) is 8.40. The predicted molar refractivity (Wildman–Crippen MR) is 122 cm³/mol. The van der Waals surface area contributed by atoms with E-state index in [0.29, 0.717) is 21.7 Å². The van der Waals surface area contributed by atoms with Gasteiger partial charge in [0.05, 0.1) is 4.91 Å². The second kappa shape index (κ2) is 8.55. The molecule has 0 bridgehead atoms. The fraction of sp³-hybridized carbons (Fsp3) is 0.318. The third kappa shape index (κ3) is 4.35. The van der Waals surface area contributed by atoms with Gasteiger partial charge in [0, 0.05) is 23.5 Å². The number of hydrogen-bond acceptors (Lipinski definition) is 5. The van der Waals surface area contributed by atoms with Crippen molar-refractivity contribution in [2.24, 2.45) is 11.7 Å². The Morgan fingerprint density at radius 2 is 1.93 bits per heavy atom. The molecule has 1 amide bonds. The van der Waals surface area contributed by atoms with E-state index in [9.17, 15) is 4.79 Å². The van der Waals surface area contributed by atoms with Crippen molar-refractivity contribution in [1.82, 2.24) is 10.3 Å². The van der Waals surface area contributed by atoms with Crippen LogP contribution in [-0.2, 0) is 17.8 Å². The molecule has 0 radical (unpaired) electrons. The van der Waals surface area contributed by atoms with Gasteiger partial charge < -0.3 is 11.1 Å². The van der Waals surface area contributed by atoms with Crippen LogP contribution in [0.2, 0.25) is 0 Å². The Morgan fingerprint density at radius 3 is 2.46 bits per heavy atom. The first kappa shape index (κ1) is 20.7. The molecule has 3 rings (SSSR count). The first-order valence-corrected chi connectivity index (χ1v) is 10.6. The maximum absolute atomic E-state index is 12.2. The van der Waals surface area contributed by atoms with Crippen LogP contribution in [0.4, 0.5) is 0 Å². The zero-order valence-electron chi connectivity index (χ0n) is 16.6. The van der Waals surface area contributed by atoms with Crippen LogP contribution in [0.25, 0.3) is 17.2 Å². The lowest BCUT2D eigenvalue weighted by Gasteiger charge is -2.20. The molecule has 4 nitrogen and oxygen atoms in total. The Hall–Kier alpha value is -2.02. The smallest absolute Gasteiger partial charge is 0.263 e. The number of carbonyl (C=O) groups is 1. The number of nitrogens with zero attached hydrogens (tertiary/aromatic N) is 1. The first-order valence-electron chi connectivity index (χ1n) is 9.34. The number of rotatable bonds is 5. The topological polar surface area (TPSA) is 68.0 Å². The van der Waals surface area contributed by atoms with Crippen LogP contribution in [-0.4, -0.2) is 15.2 Å². The minimum atomic E-state index is -0.162. The monoisotopic (exact) mass is 411 g/mol. The SMILES string of the molecule is Cc1ccc(-c2c(/C=C3/SC(=S)NC3=O)c(C)nc(CC(C)C)c2CN)cc1. The highest BCUT2D eigenvalue weighted by molar-refractivity contribution is 8.26. The van der Waals surface area contributed by atoms with Gasteiger partial charge in [0.2, 0.25) is 0 Å². The molecule has 6 heteroatoms. The maximum atomic E-state index is 12.2. The number of pyridine rings is 1. The highest BCUT2D eigenvalue weighted by Crippen LogP contribution is 2.36. The number of carbonyl (C=O) groups excluding carboxylic acids is 1. The van der Waals surface area contributed by atoms with E-state index >= 15 is 0 Å². The van der Waals surface area contributed by atoms with Crippen LogP contribution >= 0.6 is 24.0 Å². The van der Waals surface area contributed by atoms with Gasteiger partial charge in [-0.25, -0.2) is 0 Å². The quantitative estimate of drug-likeness (QED) is 0.560. The summed E-state index contributed by atoms with van der Waals surface area (Å²) in [6.45, 7) is 8.81. The van der Waals surface area contributed by atoms with Crippen LogP contribution in [0.3, 0.4) is 0 Å². The van der Waals surface area contributed by atoms with Crippen molar-refractivity contribution < 1.29 is 4.79 Å². The molecule has 0 atom stereocenters. The second-order valence-corrected chi connectivity index (χ2v) is 9.15. The van der Waals surface area contributed by atoms with E-state index in [1.54, 1.807) is 0 Å². The Bertz CT molecular complexity index is 963. The van der Waals surface area contributed by atoms with Crippen molar-refractivity contribution in [2.75, 3.05) is 0 Å². The molecule has 1 aromatic heterocycles. The standard InChI is InChI=1S/C22H25N3OS2/c1-12(2)9-18-17(11-23)20(15-7-5-13(3)6-8-15)16(14(4)24-18)10-19-21(26)25-22(27)28-19/h5-8,10,12H,9,11,23H2,1-4H3,(H,25,26,27)/b19-10+. The number of thiocarbonyl (C=S) groups is 1. The zero-order chi connectivity index (χ0) is 20.4. The van der Waals surface area contributed by atoms with Gasteiger partial charge in [0.1, 0.15) is 4.32 Å². The molecule has 3 N–H and O–H groups in total. The average molecular weight is 412 g/mol. The van der Waals surface area contributed by atoms with Crippen molar-refractivity contribution in [3.63, 3.8) is 0 Å². The number of aryl methyl sites for hydroxylation is 2. The summed E-state index contributed by atoms with van der Waals surface area (Å²) < 4.78 is 0.481. The van der Waals surface area contributed by atoms with Crippen LogP contribution in [0.1, 0.15) is 41.9 Å². The average Bonchev–Trinajstić information content (AvgIpc) is 2.94. The van der Waals surface area contributed by atoms with Gasteiger partial charge in [0.25, 0.3) is 5.91 Å². The van der Waals surface area contributed by atoms with E-state index < -0.39 is 0 Å². The molecule has 0 aliphatic carbocycles. The maximum Gasteiger partial charge on any atom is 0.263 e. The lowest BCUT2D eigenvalue weighted by Crippen LogP contribution is -2.17. The number of benzene rings is 1. The Balaban J connectivity index is 2.28. The molecule has 2 aromatic rings. The molecule has 0 spiro atoms. The van der Waals surface area contributed by atoms with Crippen molar-refractivity contribution in [3.05, 3.63) is 57.2 Å². The number of aromatic nitrogens is 1. The second-order valence-electron chi connectivity index (χ2n) is 7.43. The Kier molecular flexibility index (Phi) is 6.33. The number of hydrogen-bond donors (Lipinski definition) is 2. The molecule has 0 unspecified atom stereocenters. The fourth-order valence-corrected chi connectivity index (χ4v) is 4.40. The molecule has 1 aliphatic heterocycles. The van der Waals surface area contributed by atoms with Crippen molar-refractivity contribution in [1.29, 1.82) is 0 Å². The number of nitrogens with one attached hydrogen (secondary N) is 1. The molecule has 1 saturated heterocycles. The minimum absolute atomic E-state index is 0.162. The summed E-state index contributed by atoms with van der Waals surface area (Å²) >= 11 is 6.42. The summed E-state index contributed by atoms with van der Waals surface area (Å²) in [6.07, 6.45) is 2.76. The number of thioether (sulfide) groups is 1. The van der Waals surface area contributed by atoms with Crippen molar-refractivity contribution in [2.45, 2.75) is 40.7 Å². The third-order valence-electron chi connectivity index (χ3n) is 4.68. The van der Waals surface area contributed by atoms with E-state index in [0.717, 1.165) is 40.1 Å². The van der Waals surface area contributed by atoms with E-state index in [1.165, 1.54) is 17.3 Å². The Morgan fingerprint density at radius 1 is 1.25 bits per heavy atom. The van der Waals surface area contributed by atoms with Gasteiger partial charge in [-0.2, -0.15) is 0 Å². The molecule has 28 heavy (non-hydrogen) atoms. The summed E-state index contributed by atoms with van der Waals surface area (Å²) in [5.74, 6) is 0.311.